The van der Waals surface area contributed by atoms with E-state index in [-0.39, 0.29) is 174 Å². The van der Waals surface area contributed by atoms with E-state index in [2.05, 4.69) is 127 Å². The molecule has 5 aliphatic heterocycles. The Hall–Kier alpha value is -6.53. The Kier molecular flexibility index (Phi) is 53.5. The zero-order chi connectivity index (χ0) is 112. The van der Waals surface area contributed by atoms with Crippen molar-refractivity contribution in [3.8, 4) is 29.4 Å². The fraction of sp³-hybridized carbons (Fsp3) is 0.695. The SMILES string of the molecule is CC(C)(C)[Si](C)(C)Oc1c(C(N)=O)ncn1[C@H]1CC=CO1.CC(C)(C)[Si](C)(C)Oc1c(C(N)=O)ncn1[C@H]1C[C@H](O)[C@@H](C(=O)O)O1.CCOP(=O)(CO)OCC.CCOP(=O)(CO[C@@H]1C=C[C@H](n2cnc(C(N)=O)c2O[Si](C)(C)C(C)(C)C)O1)OCC.CCOP(=O)(CO[C@H]1O[C@@H](n2cnc(C(N)=O)c2O[Si](C)(C)C(C)(C)C)C[C@@H]1C)OCC.NC(=O)c1ncn([C@H]2C[C@H](O)[C@@H](CO)O2)c1O.[Na+].[O-][I+3]([O-])([O-])[O-].[O]=[Os](=[O])(=[O])=[O]. The van der Waals surface area contributed by atoms with Crippen LogP contribution in [-0.2, 0) is 108 Å². The van der Waals surface area contributed by atoms with Crippen LogP contribution in [0.2, 0.25) is 72.5 Å². The van der Waals surface area contributed by atoms with Crippen LogP contribution < -0.4 is 110 Å². The number of aromatic nitrogens is 10. The molecule has 0 aromatic carbocycles. The summed E-state index contributed by atoms with van der Waals surface area (Å²) in [6.45, 7) is 55.2. The van der Waals surface area contributed by atoms with E-state index in [0.29, 0.717) is 24.6 Å². The second-order valence-electron chi connectivity index (χ2n) is 38.5. The number of primary amides is 5. The average molecular weight is 2530 g/mol. The number of nitrogens with zero attached hydrogens (tertiary/aromatic N) is 10. The number of halogens is 1. The van der Waals surface area contributed by atoms with Crippen molar-refractivity contribution in [3.05, 3.63) is 84.6 Å². The Labute approximate surface area is 888 Å². The molecule has 5 aliphatic rings. The summed E-state index contributed by atoms with van der Waals surface area (Å²) < 4.78 is 208. The summed E-state index contributed by atoms with van der Waals surface area (Å²) in [6, 6.07) is 0. The molecule has 55 nitrogen and oxygen atoms in total. The zero-order valence-electron chi connectivity index (χ0n) is 88.0. The number of aliphatic carboxylic acids is 1. The van der Waals surface area contributed by atoms with Crippen LogP contribution in [0.1, 0.15) is 241 Å². The monoisotopic (exact) mass is 2530 g/mol. The van der Waals surface area contributed by atoms with Crippen molar-refractivity contribution in [1.82, 2.24) is 47.8 Å². The normalized spacial score (nSPS) is 20.7. The standard InChI is InChI=1S/C20H38N3O7PSi.C19H34N3O7PSi.C15H25N3O6Si.C14H23N3O3Si.C9H13N3O5.C5H13O4P.IO4.Na.4O.Os/c1-9-27-31(25,28-10-2)13-26-19-14(3)11-15(29-19)23-12-22-16(17(21)24)18(23)30-32(7,8)20(4,5)6;1-8-26-30(24,27-9-2)13-25-15-11-10-14(28-15)22-12-21-16(17(20)23)18(22)29-31(6,7)19(3,4)5;1-15(2,3)25(4,5)24-13-10(12(16)20)17-7-18(13)9-6-8(19)11(23-9)14(21)22;1-14(2,3)21(4,5)20-13-11(12(15)18)16-9-17(13)10-7-6-8-19-10;10-8(15)7-9(16)12(3-11-7)6-1-4(14)5(2-13)17-6;1-3-8-10(7,5-6)9-4-2;2-1(3,4)5;;;;;;/h12,14-15,19H,9-11,13H2,1-8H3,(H2,21,24);10-12,14-15H,8-9,13H2,1-7H3,(H2,20,23);7-9,11,19H,6H2,1-5H3,(H2,16,20)(H,21,22);6,8-10H,7H2,1-5H3,(H2,15,18);3-6,13-14,16H,1-2H2,(H2,10,15);6H,3-5H2,1-2H3;;;;;;;/q;;;;;;-1;+1;;;;;/t14-,15+,19-;14-,15+;8-,9+,11-;10-;4-,5+,6+;;;;;;;;/m01010......../s1. The number of aromatic hydroxyl groups is 1. The summed E-state index contributed by atoms with van der Waals surface area (Å²) in [6.07, 6.45) is 6.25. The Morgan fingerprint density at radius 1 is 0.469 bits per heavy atom. The number of carbonyl (C=O) groups excluding carboxylic acids is 5. The second-order valence-corrected chi connectivity index (χ2v) is 68.1. The van der Waals surface area contributed by atoms with Gasteiger partial charge in [-0.15, -0.1) is 0 Å². The summed E-state index contributed by atoms with van der Waals surface area (Å²) in [5, 5.41) is 55.3. The van der Waals surface area contributed by atoms with Gasteiger partial charge in [0.2, 0.25) is 29.4 Å². The zero-order valence-corrected chi connectivity index (χ0v) is 101. The molecule has 0 bridgehead atoms. The molecule has 10 heterocycles. The molecule has 5 aromatic heterocycles. The first-order chi connectivity index (χ1) is 66.8. The molecule has 10 rings (SSSR count). The Balaban J connectivity index is 0.000000597. The Morgan fingerprint density at radius 3 is 1.07 bits per heavy atom. The van der Waals surface area contributed by atoms with Crippen molar-refractivity contribution in [1.29, 1.82) is 0 Å². The Bertz CT molecular complexity index is 5530. The molecule has 12 atom stereocenters. The van der Waals surface area contributed by atoms with Gasteiger partial charge in [0.05, 0.1) is 64.7 Å². The fourth-order valence-corrected chi connectivity index (χ4v) is 19.6. The molecule has 0 spiro atoms. The van der Waals surface area contributed by atoms with E-state index < -0.39 is 201 Å². The third-order valence-electron chi connectivity index (χ3n) is 23.4. The molecule has 5 aromatic rings. The minimum absolute atomic E-state index is 0. The number of carboxylic acid groups (broad SMARTS) is 1. The number of nitrogens with two attached hydrogens (primary N) is 5. The molecule has 0 unspecified atom stereocenters. The van der Waals surface area contributed by atoms with Crippen LogP contribution in [-0.4, -0.2) is 249 Å². The van der Waals surface area contributed by atoms with Gasteiger partial charge in [0.1, 0.15) is 82.9 Å². The Morgan fingerprint density at radius 2 is 0.776 bits per heavy atom. The fourth-order valence-electron chi connectivity index (χ4n) is 11.9. The van der Waals surface area contributed by atoms with E-state index in [4.69, 9.17) is 150 Å². The molecule has 0 radical (unpaired) electrons. The predicted molar refractivity (Wildman–Crippen MR) is 509 cm³/mol. The first-order valence-electron chi connectivity index (χ1n) is 45.5. The number of amides is 5. The van der Waals surface area contributed by atoms with E-state index in [1.165, 1.54) is 34.4 Å². The van der Waals surface area contributed by atoms with Crippen LogP contribution in [0.3, 0.4) is 0 Å². The van der Waals surface area contributed by atoms with Gasteiger partial charge in [0.25, 0.3) is 62.8 Å². The van der Waals surface area contributed by atoms with Gasteiger partial charge in [-0.25, -0.2) is 29.7 Å². The first kappa shape index (κ1) is 137. The summed E-state index contributed by atoms with van der Waals surface area (Å²) >= 11 is -12.0. The summed E-state index contributed by atoms with van der Waals surface area (Å²) in [5.74, 6) is -4.05. The van der Waals surface area contributed by atoms with Gasteiger partial charge in [0.15, 0.2) is 72.3 Å². The van der Waals surface area contributed by atoms with E-state index in [9.17, 15) is 57.8 Å². The summed E-state index contributed by atoms with van der Waals surface area (Å²) in [5.41, 5.74) is 26.9. The molecule has 836 valence electrons. The molecular formula is C82H146IN15NaO40OsP3Si4. The number of imidazole rings is 5. The average Bonchev–Trinajstić information content (AvgIpc) is 1.65. The van der Waals surface area contributed by atoms with Gasteiger partial charge >= 0.3 is 87.3 Å². The number of hydrogen-bond acceptors (Lipinski definition) is 44. The number of hydrogen-bond donors (Lipinski definition) is 11. The molecule has 0 aliphatic carbocycles. The summed E-state index contributed by atoms with van der Waals surface area (Å²) in [7, 11) is -18.9. The number of aliphatic hydroxyl groups excluding tert-OH is 4. The molecule has 147 heavy (non-hydrogen) atoms. The molecule has 65 heteroatoms. The third kappa shape index (κ3) is 41.7. The van der Waals surface area contributed by atoms with Gasteiger partial charge in [-0.2, -0.15) is 0 Å². The van der Waals surface area contributed by atoms with Gasteiger partial charge in [0, 0.05) is 31.6 Å². The van der Waals surface area contributed by atoms with Crippen molar-refractivity contribution >= 4 is 91.6 Å². The number of aliphatic hydroxyl groups is 4. The van der Waals surface area contributed by atoms with Crippen LogP contribution in [0, 0.1) is 5.92 Å². The predicted octanol–water partition coefficient (Wildman–Crippen LogP) is 0.707. The van der Waals surface area contributed by atoms with E-state index in [1.807, 2.05) is 46.9 Å². The number of carbonyl (C=O) groups is 6. The second kappa shape index (κ2) is 57.6. The van der Waals surface area contributed by atoms with Crippen LogP contribution in [0.15, 0.2) is 56.1 Å². The maximum absolute atomic E-state index is 12.7. The van der Waals surface area contributed by atoms with Crippen molar-refractivity contribution in [3.63, 3.8) is 0 Å². The quantitative estimate of drug-likeness (QED) is 0.0112. The maximum atomic E-state index is 12.7. The van der Waals surface area contributed by atoms with Crippen molar-refractivity contribution in [2.45, 2.75) is 298 Å². The van der Waals surface area contributed by atoms with E-state index in [1.54, 1.807) is 80.0 Å². The molecule has 3 saturated heterocycles. The van der Waals surface area contributed by atoms with E-state index in [0.717, 1.165) is 0 Å². The van der Waals surface area contributed by atoms with Crippen molar-refractivity contribution in [2.75, 3.05) is 65.3 Å². The number of carboxylic acids is 1. The first-order valence-corrected chi connectivity index (χ1v) is 70.0. The minimum atomic E-state index is -6.06. The van der Waals surface area contributed by atoms with Gasteiger partial charge in [-0.1, -0.05) is 90.0 Å². The van der Waals surface area contributed by atoms with Crippen LogP contribution >= 0.6 is 22.8 Å². The van der Waals surface area contributed by atoms with Crippen molar-refractivity contribution in [2.24, 2.45) is 34.6 Å². The molecule has 0 saturated carbocycles. The molecular weight excluding hydrogens is 2380 g/mol. The molecule has 16 N–H and O–H groups in total. The summed E-state index contributed by atoms with van der Waals surface area (Å²) in [4.78, 5) is 89.4. The topological polar surface area (TPSA) is 812 Å². The third-order valence-corrected chi connectivity index (χ3v) is 45.9. The van der Waals surface area contributed by atoms with Crippen LogP contribution in [0.5, 0.6) is 29.4 Å². The van der Waals surface area contributed by atoms with Crippen LogP contribution in [0.4, 0.5) is 0 Å². The van der Waals surface area contributed by atoms with Crippen LogP contribution in [0.25, 0.3) is 0 Å². The van der Waals surface area contributed by atoms with Gasteiger partial charge in [-0.05, 0) is 132 Å². The number of ether oxygens (including phenoxy) is 7. The van der Waals surface area contributed by atoms with Gasteiger partial charge in [-0.3, -0.25) is 74.2 Å². The molecule has 3 fully saturated rings. The van der Waals surface area contributed by atoms with Gasteiger partial charge < -0.3 is 137 Å². The number of rotatable bonds is 39. The van der Waals surface area contributed by atoms with E-state index >= 15 is 0 Å². The van der Waals surface area contributed by atoms with Crippen molar-refractivity contribution < 1.29 is 243 Å². The molecule has 5 amide bonds.